The van der Waals surface area contributed by atoms with E-state index in [0.717, 1.165) is 30.6 Å². The molecule has 7 heteroatoms. The van der Waals surface area contributed by atoms with E-state index in [1.165, 1.54) is 0 Å². The van der Waals surface area contributed by atoms with E-state index in [-0.39, 0.29) is 22.1 Å². The first-order valence-electron chi connectivity index (χ1n) is 7.57. The summed E-state index contributed by atoms with van der Waals surface area (Å²) in [5, 5.41) is 2.99. The highest BCUT2D eigenvalue weighted by molar-refractivity contribution is 8.00. The van der Waals surface area contributed by atoms with Crippen LogP contribution < -0.4 is 10.0 Å². The molecule has 1 aromatic carbocycles. The molecule has 1 atom stereocenters. The molecule has 1 saturated carbocycles. The van der Waals surface area contributed by atoms with Gasteiger partial charge >= 0.3 is 0 Å². The molecule has 0 saturated heterocycles. The van der Waals surface area contributed by atoms with Crippen molar-refractivity contribution in [2.75, 3.05) is 5.32 Å². The summed E-state index contributed by atoms with van der Waals surface area (Å²) < 4.78 is 27.7. The van der Waals surface area contributed by atoms with Crippen LogP contribution in [0.25, 0.3) is 0 Å². The number of hydrogen-bond donors (Lipinski definition) is 2. The van der Waals surface area contributed by atoms with E-state index in [9.17, 15) is 13.2 Å². The predicted octanol–water partition coefficient (Wildman–Crippen LogP) is 2.73. The number of fused-ring (bicyclic) bond motifs is 1. The van der Waals surface area contributed by atoms with Crippen molar-refractivity contribution in [3.63, 3.8) is 0 Å². The first-order valence-corrected chi connectivity index (χ1v) is 9.93. The van der Waals surface area contributed by atoms with Gasteiger partial charge < -0.3 is 5.32 Å². The molecule has 120 valence electrons. The SMILES string of the molecule is C[C@@H]1CC(=O)Nc2cc(S(=O)(=O)NC3CCCC3)ccc2S1. The molecule has 22 heavy (non-hydrogen) atoms. The number of amides is 1. The standard InChI is InChI=1S/C15H20N2O3S2/c1-10-8-15(18)16-13-9-12(6-7-14(13)21-10)22(19,20)17-11-4-2-3-5-11/h6-7,9-11,17H,2-5,8H2,1H3,(H,16,18)/t10-/m1/s1. The average molecular weight is 340 g/mol. The van der Waals surface area contributed by atoms with E-state index < -0.39 is 10.0 Å². The van der Waals surface area contributed by atoms with Crippen LogP contribution >= 0.6 is 11.8 Å². The summed E-state index contributed by atoms with van der Waals surface area (Å²) in [4.78, 5) is 12.9. The van der Waals surface area contributed by atoms with Gasteiger partial charge in [-0.05, 0) is 31.0 Å². The van der Waals surface area contributed by atoms with E-state index in [4.69, 9.17) is 0 Å². The highest BCUT2D eigenvalue weighted by Gasteiger charge is 2.25. The Bertz CT molecular complexity index is 682. The Hall–Kier alpha value is -1.05. The second-order valence-electron chi connectivity index (χ2n) is 5.94. The minimum absolute atomic E-state index is 0.0350. The van der Waals surface area contributed by atoms with Gasteiger partial charge in [-0.1, -0.05) is 19.8 Å². The Morgan fingerprint density at radius 1 is 1.27 bits per heavy atom. The molecular formula is C15H20N2O3S2. The number of nitrogens with one attached hydrogen (secondary N) is 2. The summed E-state index contributed by atoms with van der Waals surface area (Å²) in [5.74, 6) is -0.0722. The number of hydrogen-bond acceptors (Lipinski definition) is 4. The maximum atomic E-state index is 12.5. The van der Waals surface area contributed by atoms with Gasteiger partial charge in [-0.25, -0.2) is 13.1 Å². The summed E-state index contributed by atoms with van der Waals surface area (Å²) >= 11 is 1.59. The minimum atomic E-state index is -3.53. The number of sulfonamides is 1. The summed E-state index contributed by atoms with van der Waals surface area (Å²) in [6.07, 6.45) is 4.37. The van der Waals surface area contributed by atoms with Crippen LogP contribution in [0, 0.1) is 0 Å². The van der Waals surface area contributed by atoms with Crippen LogP contribution in [-0.2, 0) is 14.8 Å². The fourth-order valence-electron chi connectivity index (χ4n) is 2.93. The van der Waals surface area contributed by atoms with Crippen molar-refractivity contribution >= 4 is 33.4 Å². The van der Waals surface area contributed by atoms with Crippen LogP contribution in [0.4, 0.5) is 5.69 Å². The van der Waals surface area contributed by atoms with Gasteiger partial charge in [0.1, 0.15) is 0 Å². The van der Waals surface area contributed by atoms with Crippen molar-refractivity contribution < 1.29 is 13.2 Å². The molecule has 0 bridgehead atoms. The lowest BCUT2D eigenvalue weighted by molar-refractivity contribution is -0.116. The third-order valence-electron chi connectivity index (χ3n) is 4.01. The summed E-state index contributed by atoms with van der Waals surface area (Å²) in [5.41, 5.74) is 0.591. The molecule has 5 nitrogen and oxygen atoms in total. The molecule has 2 aliphatic rings. The second-order valence-corrected chi connectivity index (χ2v) is 9.14. The Morgan fingerprint density at radius 2 is 2.00 bits per heavy atom. The van der Waals surface area contributed by atoms with E-state index >= 15 is 0 Å². The normalized spacial score (nSPS) is 23.0. The average Bonchev–Trinajstić information content (AvgIpc) is 2.86. The Labute approximate surface area is 135 Å². The van der Waals surface area contributed by atoms with Crippen LogP contribution in [0.3, 0.4) is 0 Å². The fourth-order valence-corrected chi connectivity index (χ4v) is 5.31. The molecule has 0 aromatic heterocycles. The molecule has 1 aliphatic heterocycles. The molecule has 1 fully saturated rings. The molecule has 0 radical (unpaired) electrons. The molecule has 1 heterocycles. The van der Waals surface area contributed by atoms with Crippen molar-refractivity contribution in [1.29, 1.82) is 0 Å². The zero-order chi connectivity index (χ0) is 15.7. The molecule has 0 unspecified atom stereocenters. The van der Waals surface area contributed by atoms with Crippen LogP contribution in [0.2, 0.25) is 0 Å². The van der Waals surface area contributed by atoms with Gasteiger partial charge in [-0.3, -0.25) is 4.79 Å². The summed E-state index contributed by atoms with van der Waals surface area (Å²) in [7, 11) is -3.53. The lowest BCUT2D eigenvalue weighted by atomic mass is 10.3. The third-order valence-corrected chi connectivity index (χ3v) is 6.71. The highest BCUT2D eigenvalue weighted by atomic mass is 32.2. The Morgan fingerprint density at radius 3 is 2.73 bits per heavy atom. The van der Waals surface area contributed by atoms with Gasteiger partial charge in [0.15, 0.2) is 0 Å². The molecule has 1 amide bonds. The maximum absolute atomic E-state index is 12.5. The van der Waals surface area contributed by atoms with E-state index in [0.29, 0.717) is 12.1 Å². The Kier molecular flexibility index (Phi) is 4.47. The second kappa shape index (κ2) is 6.22. The lowest BCUT2D eigenvalue weighted by Gasteiger charge is -2.14. The van der Waals surface area contributed by atoms with Gasteiger partial charge in [0, 0.05) is 22.6 Å². The van der Waals surface area contributed by atoms with Crippen molar-refractivity contribution in [1.82, 2.24) is 4.72 Å². The number of thioether (sulfide) groups is 1. The van der Waals surface area contributed by atoms with Gasteiger partial charge in [-0.2, -0.15) is 0 Å². The monoisotopic (exact) mass is 340 g/mol. The molecular weight excluding hydrogens is 320 g/mol. The summed E-state index contributed by atoms with van der Waals surface area (Å²) in [6.45, 7) is 1.99. The van der Waals surface area contributed by atoms with Crippen molar-refractivity contribution in [3.05, 3.63) is 18.2 Å². The van der Waals surface area contributed by atoms with E-state index in [2.05, 4.69) is 10.0 Å². The zero-order valence-corrected chi connectivity index (χ0v) is 14.1. The smallest absolute Gasteiger partial charge is 0.240 e. The van der Waals surface area contributed by atoms with Gasteiger partial charge in [0.2, 0.25) is 15.9 Å². The molecule has 1 aliphatic carbocycles. The van der Waals surface area contributed by atoms with Gasteiger partial charge in [-0.15, -0.1) is 11.8 Å². The molecule has 0 spiro atoms. The molecule has 3 rings (SSSR count). The van der Waals surface area contributed by atoms with Crippen molar-refractivity contribution in [2.24, 2.45) is 0 Å². The zero-order valence-electron chi connectivity index (χ0n) is 12.5. The topological polar surface area (TPSA) is 75.3 Å². The van der Waals surface area contributed by atoms with Crippen molar-refractivity contribution in [3.8, 4) is 0 Å². The molecule has 2 N–H and O–H groups in total. The van der Waals surface area contributed by atoms with Crippen molar-refractivity contribution in [2.45, 2.75) is 60.1 Å². The number of anilines is 1. The van der Waals surface area contributed by atoms with Gasteiger partial charge in [0.05, 0.1) is 10.6 Å². The van der Waals surface area contributed by atoms with Crippen LogP contribution in [0.15, 0.2) is 28.0 Å². The van der Waals surface area contributed by atoms with Crippen LogP contribution in [0.5, 0.6) is 0 Å². The van der Waals surface area contributed by atoms with Crippen LogP contribution in [0.1, 0.15) is 39.0 Å². The Balaban J connectivity index is 1.87. The number of carbonyl (C=O) groups excluding carboxylic acids is 1. The number of benzene rings is 1. The summed E-state index contributed by atoms with van der Waals surface area (Å²) in [6, 6.07) is 5.00. The largest absolute Gasteiger partial charge is 0.325 e. The first kappa shape index (κ1) is 15.8. The van der Waals surface area contributed by atoms with Gasteiger partial charge in [0.25, 0.3) is 0 Å². The molecule has 1 aromatic rings. The highest BCUT2D eigenvalue weighted by Crippen LogP contribution is 2.36. The fraction of sp³-hybridized carbons (Fsp3) is 0.533. The van der Waals surface area contributed by atoms with Crippen LogP contribution in [-0.4, -0.2) is 25.6 Å². The first-order chi connectivity index (χ1) is 10.4. The quantitative estimate of drug-likeness (QED) is 0.887. The maximum Gasteiger partial charge on any atom is 0.240 e. The van der Waals surface area contributed by atoms with E-state index in [1.807, 2.05) is 6.92 Å². The number of rotatable bonds is 3. The van der Waals surface area contributed by atoms with E-state index in [1.54, 1.807) is 30.0 Å². The predicted molar refractivity (Wildman–Crippen MR) is 87.6 cm³/mol. The number of carbonyl (C=O) groups is 1. The lowest BCUT2D eigenvalue weighted by Crippen LogP contribution is -2.32. The third kappa shape index (κ3) is 3.47. The minimum Gasteiger partial charge on any atom is -0.325 e.